The molecule has 0 aliphatic carbocycles. The van der Waals surface area contributed by atoms with Gasteiger partial charge in [0.25, 0.3) is 11.8 Å². The van der Waals surface area contributed by atoms with Crippen LogP contribution in [0.4, 0.5) is 4.39 Å². The van der Waals surface area contributed by atoms with Crippen molar-refractivity contribution in [2.24, 2.45) is 5.41 Å². The molecule has 35 heavy (non-hydrogen) atoms. The maximum Gasteiger partial charge on any atom is 0.257 e. The molecule has 0 unspecified atom stereocenters. The molecule has 3 amide bonds. The first-order chi connectivity index (χ1) is 16.9. The van der Waals surface area contributed by atoms with Crippen molar-refractivity contribution < 1.29 is 23.5 Å². The zero-order chi connectivity index (χ0) is 24.8. The SMILES string of the molecule is CNC(=O)C12CCCCN(C(=O)c3cccc(F)c3)CCOc3ccccc3C(=O)N(CC1)CC2. The summed E-state index contributed by atoms with van der Waals surface area (Å²) in [6, 6.07) is 12.8. The summed E-state index contributed by atoms with van der Waals surface area (Å²) < 4.78 is 19.7. The number of halogens is 1. The molecule has 0 atom stereocenters. The summed E-state index contributed by atoms with van der Waals surface area (Å²) in [5, 5.41) is 2.81. The lowest BCUT2D eigenvalue weighted by Gasteiger charge is -2.40. The molecular formula is C27H32FN3O4. The van der Waals surface area contributed by atoms with E-state index in [0.717, 1.165) is 6.42 Å². The summed E-state index contributed by atoms with van der Waals surface area (Å²) in [5.41, 5.74) is 0.226. The van der Waals surface area contributed by atoms with Crippen molar-refractivity contribution in [1.82, 2.24) is 15.1 Å². The first-order valence-corrected chi connectivity index (χ1v) is 12.2. The van der Waals surface area contributed by atoms with E-state index in [2.05, 4.69) is 5.32 Å². The maximum atomic E-state index is 13.8. The summed E-state index contributed by atoms with van der Waals surface area (Å²) in [6.45, 7) is 1.97. The van der Waals surface area contributed by atoms with Crippen LogP contribution in [-0.4, -0.2) is 67.4 Å². The van der Waals surface area contributed by atoms with Gasteiger partial charge >= 0.3 is 0 Å². The smallest absolute Gasteiger partial charge is 0.257 e. The van der Waals surface area contributed by atoms with Gasteiger partial charge in [0.2, 0.25) is 5.91 Å². The largest absolute Gasteiger partial charge is 0.491 e. The molecular weight excluding hydrogens is 449 g/mol. The van der Waals surface area contributed by atoms with E-state index in [1.165, 1.54) is 18.2 Å². The van der Waals surface area contributed by atoms with Crippen molar-refractivity contribution in [3.05, 3.63) is 65.5 Å². The van der Waals surface area contributed by atoms with Crippen LogP contribution >= 0.6 is 0 Å². The normalized spacial score (nSPS) is 18.6. The van der Waals surface area contributed by atoms with Gasteiger partial charge in [-0.1, -0.05) is 24.6 Å². The van der Waals surface area contributed by atoms with Crippen LogP contribution in [0.15, 0.2) is 48.5 Å². The average Bonchev–Trinajstić information content (AvgIpc) is 2.89. The van der Waals surface area contributed by atoms with Gasteiger partial charge in [-0.05, 0) is 56.0 Å². The van der Waals surface area contributed by atoms with Crippen LogP contribution in [0.5, 0.6) is 5.75 Å². The number of rotatable bonds is 2. The second kappa shape index (κ2) is 10.9. The number of piperidine rings is 1. The number of para-hydroxylation sites is 1. The Morgan fingerprint density at radius 3 is 2.49 bits per heavy atom. The fourth-order valence-electron chi connectivity index (χ4n) is 5.08. The average molecular weight is 482 g/mol. The molecule has 5 rings (SSSR count). The Hall–Kier alpha value is -3.42. The molecule has 3 aliphatic rings. The van der Waals surface area contributed by atoms with Crippen LogP contribution < -0.4 is 10.1 Å². The summed E-state index contributed by atoms with van der Waals surface area (Å²) in [5.74, 6) is -0.376. The minimum Gasteiger partial charge on any atom is -0.491 e. The number of amides is 3. The van der Waals surface area contributed by atoms with Gasteiger partial charge in [-0.25, -0.2) is 4.39 Å². The molecule has 1 fully saturated rings. The number of nitrogens with zero attached hydrogens (tertiary/aromatic N) is 2. The number of ether oxygens (including phenoxy) is 1. The highest BCUT2D eigenvalue weighted by Gasteiger charge is 2.41. The standard InChI is InChI=1S/C27H32FN3O4/c1-29-26(34)27-11-4-5-14-30(24(32)20-7-6-8-21(28)19-20)17-18-35-23-10-3-2-9-22(23)25(33)31(15-12-27)16-13-27/h2-3,6-10,19H,4-5,11-18H2,1H3,(H,29,34). The van der Waals surface area contributed by atoms with Crippen LogP contribution in [0.1, 0.15) is 52.8 Å². The van der Waals surface area contributed by atoms with E-state index < -0.39 is 11.2 Å². The Kier molecular flexibility index (Phi) is 7.68. The number of hydrogen-bond acceptors (Lipinski definition) is 4. The zero-order valence-corrected chi connectivity index (χ0v) is 20.1. The lowest BCUT2D eigenvalue weighted by atomic mass is 9.73. The molecule has 0 aromatic heterocycles. The van der Waals surface area contributed by atoms with E-state index in [4.69, 9.17) is 4.74 Å². The topological polar surface area (TPSA) is 79.0 Å². The zero-order valence-electron chi connectivity index (χ0n) is 20.1. The van der Waals surface area contributed by atoms with Gasteiger partial charge in [0, 0.05) is 32.2 Å². The second-order valence-electron chi connectivity index (χ2n) is 9.26. The Morgan fingerprint density at radius 1 is 0.971 bits per heavy atom. The van der Waals surface area contributed by atoms with Gasteiger partial charge in [-0.15, -0.1) is 0 Å². The fourth-order valence-corrected chi connectivity index (χ4v) is 5.08. The molecule has 8 heteroatoms. The van der Waals surface area contributed by atoms with Crippen LogP contribution in [0.2, 0.25) is 0 Å². The fraction of sp³-hybridized carbons (Fsp3) is 0.444. The number of benzene rings is 2. The predicted molar refractivity (Wildman–Crippen MR) is 130 cm³/mol. The van der Waals surface area contributed by atoms with Crippen LogP contribution in [0, 0.1) is 11.2 Å². The van der Waals surface area contributed by atoms with Gasteiger partial charge in [-0.2, -0.15) is 0 Å². The molecule has 7 nitrogen and oxygen atoms in total. The highest BCUT2D eigenvalue weighted by Crippen LogP contribution is 2.38. The molecule has 0 spiro atoms. The summed E-state index contributed by atoms with van der Waals surface area (Å²) in [6.07, 6.45) is 3.33. The third-order valence-electron chi connectivity index (χ3n) is 7.14. The summed E-state index contributed by atoms with van der Waals surface area (Å²) >= 11 is 0. The van der Waals surface area contributed by atoms with Gasteiger partial charge in [0.1, 0.15) is 18.2 Å². The van der Waals surface area contributed by atoms with Gasteiger partial charge in [0.15, 0.2) is 0 Å². The molecule has 0 saturated carbocycles. The minimum absolute atomic E-state index is 0.00495. The first kappa shape index (κ1) is 24.7. The molecule has 3 heterocycles. The third kappa shape index (κ3) is 5.47. The van der Waals surface area contributed by atoms with Crippen molar-refractivity contribution in [2.45, 2.75) is 32.1 Å². The number of nitrogens with one attached hydrogen (secondary N) is 1. The number of fused-ring (bicyclic) bond motifs is 9. The van der Waals surface area contributed by atoms with Crippen molar-refractivity contribution in [2.75, 3.05) is 39.8 Å². The summed E-state index contributed by atoms with van der Waals surface area (Å²) in [4.78, 5) is 42.8. The highest BCUT2D eigenvalue weighted by atomic mass is 19.1. The Morgan fingerprint density at radius 2 is 1.74 bits per heavy atom. The van der Waals surface area contributed by atoms with E-state index >= 15 is 0 Å². The number of carbonyl (C=O) groups is 3. The quantitative estimate of drug-likeness (QED) is 0.712. The summed E-state index contributed by atoms with van der Waals surface area (Å²) in [7, 11) is 1.65. The highest BCUT2D eigenvalue weighted by molar-refractivity contribution is 5.97. The van der Waals surface area contributed by atoms with E-state index in [1.807, 2.05) is 6.07 Å². The van der Waals surface area contributed by atoms with Crippen molar-refractivity contribution in [1.29, 1.82) is 0 Å². The van der Waals surface area contributed by atoms with Crippen molar-refractivity contribution in [3.63, 3.8) is 0 Å². The second-order valence-corrected chi connectivity index (χ2v) is 9.26. The molecule has 2 aromatic carbocycles. The predicted octanol–water partition coefficient (Wildman–Crippen LogP) is 3.50. The molecule has 3 aliphatic heterocycles. The molecule has 1 saturated heterocycles. The molecule has 0 radical (unpaired) electrons. The number of hydrogen-bond donors (Lipinski definition) is 1. The Balaban J connectivity index is 1.60. The lowest BCUT2D eigenvalue weighted by molar-refractivity contribution is -0.133. The monoisotopic (exact) mass is 481 g/mol. The van der Waals surface area contributed by atoms with Crippen LogP contribution in [-0.2, 0) is 4.79 Å². The van der Waals surface area contributed by atoms with Crippen molar-refractivity contribution in [3.8, 4) is 5.75 Å². The van der Waals surface area contributed by atoms with E-state index in [1.54, 1.807) is 41.1 Å². The third-order valence-corrected chi connectivity index (χ3v) is 7.14. The van der Waals surface area contributed by atoms with E-state index in [9.17, 15) is 18.8 Å². The first-order valence-electron chi connectivity index (χ1n) is 12.2. The van der Waals surface area contributed by atoms with E-state index in [0.29, 0.717) is 63.2 Å². The van der Waals surface area contributed by atoms with Crippen molar-refractivity contribution >= 4 is 17.7 Å². The van der Waals surface area contributed by atoms with E-state index in [-0.39, 0.29) is 29.9 Å². The Labute approximate surface area is 205 Å². The van der Waals surface area contributed by atoms with Gasteiger partial charge in [-0.3, -0.25) is 14.4 Å². The van der Waals surface area contributed by atoms with Crippen LogP contribution in [0.3, 0.4) is 0 Å². The lowest BCUT2D eigenvalue weighted by Crippen LogP contribution is -2.49. The van der Waals surface area contributed by atoms with Crippen LogP contribution in [0.25, 0.3) is 0 Å². The maximum absolute atomic E-state index is 13.8. The van der Waals surface area contributed by atoms with Gasteiger partial charge in [0.05, 0.1) is 17.5 Å². The molecule has 186 valence electrons. The minimum atomic E-state index is -0.529. The Bertz CT molecular complexity index is 1080. The molecule has 2 bridgehead atoms. The molecule has 1 N–H and O–H groups in total. The number of carbonyl (C=O) groups excluding carboxylic acids is 3. The van der Waals surface area contributed by atoms with Gasteiger partial charge < -0.3 is 19.9 Å². The molecule has 2 aromatic rings.